The molecule has 0 bridgehead atoms. The van der Waals surface area contributed by atoms with E-state index in [0.717, 1.165) is 16.2 Å². The van der Waals surface area contributed by atoms with E-state index in [1.165, 1.54) is 7.11 Å². The molecule has 0 aromatic heterocycles. The van der Waals surface area contributed by atoms with Crippen LogP contribution in [-0.2, 0) is 19.1 Å². The van der Waals surface area contributed by atoms with Gasteiger partial charge in [0.1, 0.15) is 10.5 Å². The van der Waals surface area contributed by atoms with Crippen molar-refractivity contribution < 1.29 is 23.8 Å². The van der Waals surface area contributed by atoms with Gasteiger partial charge >= 0.3 is 5.97 Å². The molecule has 158 valence electrons. The van der Waals surface area contributed by atoms with Crippen LogP contribution in [0.5, 0.6) is 5.75 Å². The van der Waals surface area contributed by atoms with Crippen LogP contribution in [0.25, 0.3) is 0 Å². The summed E-state index contributed by atoms with van der Waals surface area (Å²) in [5.74, 6) is 0.475. The van der Waals surface area contributed by atoms with E-state index in [1.807, 2.05) is 59.5 Å². The molecule has 0 radical (unpaired) electrons. The van der Waals surface area contributed by atoms with E-state index in [2.05, 4.69) is 0 Å². The van der Waals surface area contributed by atoms with E-state index in [4.69, 9.17) is 14.2 Å². The topological polar surface area (TPSA) is 65.1 Å². The first-order valence-electron chi connectivity index (χ1n) is 9.95. The Morgan fingerprint density at radius 3 is 2.57 bits per heavy atom. The van der Waals surface area contributed by atoms with Crippen molar-refractivity contribution in [1.29, 1.82) is 0 Å². The largest absolute Gasteiger partial charge is 0.497 e. The maximum absolute atomic E-state index is 13.8. The van der Waals surface area contributed by atoms with Crippen molar-refractivity contribution in [2.24, 2.45) is 0 Å². The van der Waals surface area contributed by atoms with Gasteiger partial charge < -0.3 is 19.1 Å². The molecular formula is C23H25NO5S. The number of methoxy groups -OCH3 is 2. The minimum atomic E-state index is -0.714. The molecule has 0 unspecified atom stereocenters. The number of hydrogen-bond acceptors (Lipinski definition) is 6. The maximum Gasteiger partial charge on any atom is 0.305 e. The molecule has 0 spiro atoms. The zero-order valence-electron chi connectivity index (χ0n) is 17.1. The number of nitrogens with zero attached hydrogens (tertiary/aromatic N) is 1. The van der Waals surface area contributed by atoms with Gasteiger partial charge in [-0.3, -0.25) is 9.59 Å². The Labute approximate surface area is 180 Å². The first-order chi connectivity index (χ1) is 14.6. The van der Waals surface area contributed by atoms with Crippen molar-refractivity contribution in [1.82, 2.24) is 4.90 Å². The smallest absolute Gasteiger partial charge is 0.305 e. The minimum absolute atomic E-state index is 0.0153. The average molecular weight is 428 g/mol. The van der Waals surface area contributed by atoms with Crippen LogP contribution in [0.1, 0.15) is 31.1 Å². The molecule has 4 rings (SSSR count). The van der Waals surface area contributed by atoms with Crippen LogP contribution < -0.4 is 4.74 Å². The van der Waals surface area contributed by atoms with Crippen molar-refractivity contribution in [3.63, 3.8) is 0 Å². The Kier molecular flexibility index (Phi) is 6.01. The number of amides is 1. The standard InChI is InChI=1S/C23H25NO5S/c1-27-18-10-8-16(9-11-18)21-24-17(15-29-21)14-23(22(24)26,13-12-20(25)28-2)30-19-6-4-3-5-7-19/h3-11,17,21H,12-15H2,1-2H3/t17-,21+,23-/m0/s1. The van der Waals surface area contributed by atoms with Gasteiger partial charge in [-0.25, -0.2) is 0 Å². The van der Waals surface area contributed by atoms with Gasteiger partial charge in [0, 0.05) is 16.9 Å². The highest BCUT2D eigenvalue weighted by Crippen LogP contribution is 2.51. The third kappa shape index (κ3) is 3.91. The van der Waals surface area contributed by atoms with E-state index in [-0.39, 0.29) is 24.3 Å². The third-order valence-electron chi connectivity index (χ3n) is 5.70. The fraction of sp³-hybridized carbons (Fsp3) is 0.391. The SMILES string of the molecule is COC(=O)CC[C@]1(Sc2ccccc2)C[C@H]2CO[C@H](c3ccc(OC)cc3)N2C1=O. The summed E-state index contributed by atoms with van der Waals surface area (Å²) in [6.45, 7) is 0.484. The molecular weight excluding hydrogens is 402 g/mol. The number of esters is 1. The summed E-state index contributed by atoms with van der Waals surface area (Å²) >= 11 is 1.54. The Balaban J connectivity index is 1.61. The van der Waals surface area contributed by atoms with E-state index in [0.29, 0.717) is 19.4 Å². The third-order valence-corrected chi connectivity index (χ3v) is 7.14. The van der Waals surface area contributed by atoms with Crippen LogP contribution in [0.15, 0.2) is 59.5 Å². The first-order valence-corrected chi connectivity index (χ1v) is 10.8. The molecule has 2 fully saturated rings. The first kappa shape index (κ1) is 20.8. The second-order valence-corrected chi connectivity index (χ2v) is 8.97. The second-order valence-electron chi connectivity index (χ2n) is 7.51. The van der Waals surface area contributed by atoms with Crippen molar-refractivity contribution in [2.75, 3.05) is 20.8 Å². The van der Waals surface area contributed by atoms with Crippen molar-refractivity contribution in [2.45, 2.75) is 41.2 Å². The van der Waals surface area contributed by atoms with Crippen LogP contribution in [0.4, 0.5) is 0 Å². The monoisotopic (exact) mass is 427 g/mol. The summed E-state index contributed by atoms with van der Waals surface area (Å²) in [4.78, 5) is 28.5. The molecule has 2 heterocycles. The fourth-order valence-corrected chi connectivity index (χ4v) is 5.59. The van der Waals surface area contributed by atoms with Crippen molar-refractivity contribution >= 4 is 23.6 Å². The molecule has 2 aromatic carbocycles. The van der Waals surface area contributed by atoms with Gasteiger partial charge in [-0.05, 0) is 37.1 Å². The Bertz CT molecular complexity index is 904. The summed E-state index contributed by atoms with van der Waals surface area (Å²) < 4.78 is 15.4. The molecule has 1 amide bonds. The summed E-state index contributed by atoms with van der Waals surface area (Å²) in [6, 6.07) is 17.4. The van der Waals surface area contributed by atoms with Crippen LogP contribution >= 0.6 is 11.8 Å². The van der Waals surface area contributed by atoms with Gasteiger partial charge in [-0.15, -0.1) is 11.8 Å². The summed E-state index contributed by atoms with van der Waals surface area (Å²) in [7, 11) is 3.00. The van der Waals surface area contributed by atoms with Gasteiger partial charge in [0.05, 0.1) is 26.9 Å². The fourth-order valence-electron chi connectivity index (χ4n) is 4.18. The molecule has 2 aliphatic heterocycles. The van der Waals surface area contributed by atoms with E-state index >= 15 is 0 Å². The zero-order valence-corrected chi connectivity index (χ0v) is 17.9. The summed E-state index contributed by atoms with van der Waals surface area (Å²) in [5, 5.41) is 0. The molecule has 2 saturated heterocycles. The molecule has 30 heavy (non-hydrogen) atoms. The van der Waals surface area contributed by atoms with Crippen LogP contribution in [-0.4, -0.2) is 48.4 Å². The number of ether oxygens (including phenoxy) is 3. The number of hydrogen-bond donors (Lipinski definition) is 0. The average Bonchev–Trinajstić information content (AvgIpc) is 3.31. The van der Waals surface area contributed by atoms with Gasteiger partial charge in [-0.1, -0.05) is 30.3 Å². The van der Waals surface area contributed by atoms with Gasteiger partial charge in [-0.2, -0.15) is 0 Å². The molecule has 0 saturated carbocycles. The lowest BCUT2D eigenvalue weighted by Crippen LogP contribution is -2.39. The van der Waals surface area contributed by atoms with Crippen molar-refractivity contribution in [3.05, 3.63) is 60.2 Å². The lowest BCUT2D eigenvalue weighted by Gasteiger charge is -2.29. The Hall–Kier alpha value is -2.51. The Morgan fingerprint density at radius 1 is 1.17 bits per heavy atom. The second kappa shape index (κ2) is 8.70. The van der Waals surface area contributed by atoms with Gasteiger partial charge in [0.15, 0.2) is 6.23 Å². The number of benzene rings is 2. The highest BCUT2D eigenvalue weighted by Gasteiger charge is 2.57. The highest BCUT2D eigenvalue weighted by molar-refractivity contribution is 8.01. The number of rotatable bonds is 7. The van der Waals surface area contributed by atoms with Gasteiger partial charge in [0.2, 0.25) is 5.91 Å². The van der Waals surface area contributed by atoms with E-state index in [1.54, 1.807) is 18.9 Å². The quantitative estimate of drug-likeness (QED) is 0.626. The number of carbonyl (C=O) groups is 2. The number of thioether (sulfide) groups is 1. The highest BCUT2D eigenvalue weighted by atomic mass is 32.2. The summed E-state index contributed by atoms with van der Waals surface area (Å²) in [6.07, 6.45) is 0.844. The molecule has 2 aliphatic rings. The normalized spacial score (nSPS) is 25.3. The zero-order chi connectivity index (χ0) is 21.1. The molecule has 3 atom stereocenters. The number of fused-ring (bicyclic) bond motifs is 1. The van der Waals surface area contributed by atoms with Crippen LogP contribution in [0, 0.1) is 0 Å². The van der Waals surface area contributed by atoms with Crippen LogP contribution in [0.2, 0.25) is 0 Å². The maximum atomic E-state index is 13.8. The Morgan fingerprint density at radius 2 is 1.90 bits per heavy atom. The van der Waals surface area contributed by atoms with E-state index < -0.39 is 11.0 Å². The number of carbonyl (C=O) groups excluding carboxylic acids is 2. The van der Waals surface area contributed by atoms with Crippen LogP contribution in [0.3, 0.4) is 0 Å². The molecule has 6 nitrogen and oxygen atoms in total. The van der Waals surface area contributed by atoms with Crippen molar-refractivity contribution in [3.8, 4) is 5.75 Å². The predicted molar refractivity (Wildman–Crippen MR) is 113 cm³/mol. The molecule has 0 N–H and O–H groups in total. The lowest BCUT2D eigenvalue weighted by molar-refractivity contribution is -0.141. The lowest BCUT2D eigenvalue weighted by atomic mass is 9.98. The molecule has 0 aliphatic carbocycles. The molecule has 7 heteroatoms. The molecule has 2 aromatic rings. The van der Waals surface area contributed by atoms with E-state index in [9.17, 15) is 9.59 Å². The minimum Gasteiger partial charge on any atom is -0.497 e. The van der Waals surface area contributed by atoms with Gasteiger partial charge in [0.25, 0.3) is 0 Å². The summed E-state index contributed by atoms with van der Waals surface area (Å²) in [5.41, 5.74) is 0.917. The predicted octanol–water partition coefficient (Wildman–Crippen LogP) is 3.81.